The second-order valence-corrected chi connectivity index (χ2v) is 11.9. The zero-order valence-corrected chi connectivity index (χ0v) is 31.3. The maximum atomic E-state index is 12.2. The molecule has 0 aromatic carbocycles. The van der Waals surface area contributed by atoms with Crippen LogP contribution in [0.3, 0.4) is 0 Å². The Balaban J connectivity index is 3.79. The molecule has 0 saturated heterocycles. The van der Waals surface area contributed by atoms with Gasteiger partial charge in [0.1, 0.15) is 6.61 Å². The summed E-state index contributed by atoms with van der Waals surface area (Å²) in [6, 6.07) is 0. The lowest BCUT2D eigenvalue weighted by molar-refractivity contribution is -0.161. The minimum Gasteiger partial charge on any atom is -0.462 e. The standard InChI is InChI=1S/C45H68O5/c1-3-5-7-9-11-13-15-17-19-21-22-24-26-28-30-32-34-36-38-40-45(48)50-43(41-46)42-49-44(47)39-37-35-33-31-29-27-25-23-20-18-16-14-12-10-8-6-4-2/h5-8,11-14,17-20,22,24-25,27-28,30-31,33,43,46H,3-4,9-10,15-16,21,23,26,29,32,34-42H2,1-2H3/t43-/m0/s1. The molecular formula is C45H68O5. The van der Waals surface area contributed by atoms with E-state index in [1.54, 1.807) is 0 Å². The number of hydrogen-bond donors (Lipinski definition) is 1. The number of aliphatic hydroxyl groups excluding tert-OH is 1. The fourth-order valence-corrected chi connectivity index (χ4v) is 4.44. The van der Waals surface area contributed by atoms with Crippen LogP contribution in [-0.2, 0) is 19.1 Å². The molecule has 0 aliphatic rings. The van der Waals surface area contributed by atoms with Crippen molar-refractivity contribution in [2.45, 2.75) is 136 Å². The monoisotopic (exact) mass is 689 g/mol. The summed E-state index contributed by atoms with van der Waals surface area (Å²) in [6.07, 6.45) is 58.3. The number of ether oxygens (including phenoxy) is 2. The molecule has 0 aromatic rings. The van der Waals surface area contributed by atoms with Crippen molar-refractivity contribution in [3.63, 3.8) is 0 Å². The molecule has 278 valence electrons. The summed E-state index contributed by atoms with van der Waals surface area (Å²) in [4.78, 5) is 24.2. The van der Waals surface area contributed by atoms with Crippen molar-refractivity contribution in [3.05, 3.63) is 122 Å². The third-order valence-corrected chi connectivity index (χ3v) is 7.25. The Morgan fingerprint density at radius 3 is 1.22 bits per heavy atom. The Morgan fingerprint density at radius 2 is 0.820 bits per heavy atom. The fourth-order valence-electron chi connectivity index (χ4n) is 4.44. The van der Waals surface area contributed by atoms with E-state index in [-0.39, 0.29) is 31.6 Å². The van der Waals surface area contributed by atoms with Crippen molar-refractivity contribution in [1.82, 2.24) is 0 Å². The van der Waals surface area contributed by atoms with E-state index in [9.17, 15) is 14.7 Å². The number of hydrogen-bond acceptors (Lipinski definition) is 5. The van der Waals surface area contributed by atoms with Crippen LogP contribution >= 0.6 is 0 Å². The predicted octanol–water partition coefficient (Wildman–Crippen LogP) is 12.1. The Bertz CT molecular complexity index is 1100. The quantitative estimate of drug-likeness (QED) is 0.0433. The summed E-state index contributed by atoms with van der Waals surface area (Å²) >= 11 is 0. The molecule has 0 spiro atoms. The summed E-state index contributed by atoms with van der Waals surface area (Å²) in [7, 11) is 0. The van der Waals surface area contributed by atoms with Gasteiger partial charge in [-0.15, -0.1) is 0 Å². The molecule has 0 radical (unpaired) electrons. The van der Waals surface area contributed by atoms with Gasteiger partial charge in [-0.3, -0.25) is 9.59 Å². The molecule has 1 atom stereocenters. The molecule has 0 aromatic heterocycles. The minimum absolute atomic E-state index is 0.118. The Morgan fingerprint density at radius 1 is 0.460 bits per heavy atom. The average molecular weight is 689 g/mol. The van der Waals surface area contributed by atoms with Crippen LogP contribution < -0.4 is 0 Å². The molecular weight excluding hydrogens is 620 g/mol. The fraction of sp³-hybridized carbons (Fsp3) is 0.511. The van der Waals surface area contributed by atoms with Gasteiger partial charge in [-0.05, 0) is 96.3 Å². The lowest BCUT2D eigenvalue weighted by Crippen LogP contribution is -2.28. The Hall–Kier alpha value is -3.70. The molecule has 0 saturated carbocycles. The zero-order chi connectivity index (χ0) is 36.4. The van der Waals surface area contributed by atoms with E-state index in [1.807, 2.05) is 0 Å². The number of rotatable bonds is 32. The first-order chi connectivity index (χ1) is 24.6. The second kappa shape index (κ2) is 39.7. The van der Waals surface area contributed by atoms with Crippen LogP contribution in [0.15, 0.2) is 122 Å². The molecule has 0 fully saturated rings. The van der Waals surface area contributed by atoms with Crippen LogP contribution in [0, 0.1) is 0 Å². The maximum Gasteiger partial charge on any atom is 0.306 e. The third kappa shape index (κ3) is 37.1. The van der Waals surface area contributed by atoms with Gasteiger partial charge in [0.15, 0.2) is 6.10 Å². The highest BCUT2D eigenvalue weighted by Gasteiger charge is 2.15. The van der Waals surface area contributed by atoms with Crippen molar-refractivity contribution in [3.8, 4) is 0 Å². The van der Waals surface area contributed by atoms with Crippen LogP contribution in [0.4, 0.5) is 0 Å². The van der Waals surface area contributed by atoms with Gasteiger partial charge in [0.2, 0.25) is 0 Å². The van der Waals surface area contributed by atoms with Crippen molar-refractivity contribution < 1.29 is 24.2 Å². The third-order valence-electron chi connectivity index (χ3n) is 7.25. The van der Waals surface area contributed by atoms with E-state index in [4.69, 9.17) is 9.47 Å². The summed E-state index contributed by atoms with van der Waals surface area (Å²) in [5.41, 5.74) is 0. The van der Waals surface area contributed by atoms with Gasteiger partial charge in [0.25, 0.3) is 0 Å². The number of carbonyl (C=O) groups excluding carboxylic acids is 2. The van der Waals surface area contributed by atoms with Gasteiger partial charge < -0.3 is 14.6 Å². The second-order valence-electron chi connectivity index (χ2n) is 11.9. The topological polar surface area (TPSA) is 72.8 Å². The summed E-state index contributed by atoms with van der Waals surface area (Å²) < 4.78 is 10.5. The average Bonchev–Trinajstić information content (AvgIpc) is 3.12. The van der Waals surface area contributed by atoms with E-state index < -0.39 is 6.10 Å². The molecule has 5 heteroatoms. The molecule has 1 N–H and O–H groups in total. The van der Waals surface area contributed by atoms with Crippen LogP contribution in [0.2, 0.25) is 0 Å². The van der Waals surface area contributed by atoms with E-state index in [1.165, 1.54) is 0 Å². The van der Waals surface area contributed by atoms with Gasteiger partial charge in [0.05, 0.1) is 6.61 Å². The summed E-state index contributed by atoms with van der Waals surface area (Å²) in [6.45, 7) is 3.80. The summed E-state index contributed by atoms with van der Waals surface area (Å²) in [5.74, 6) is -0.713. The van der Waals surface area contributed by atoms with Gasteiger partial charge >= 0.3 is 11.9 Å². The van der Waals surface area contributed by atoms with Crippen molar-refractivity contribution in [1.29, 1.82) is 0 Å². The Labute approximate surface area is 305 Å². The SMILES string of the molecule is CCC=CCC=CCC=CCC=CCC=CCCCCCC(=O)O[C@@H](CO)COC(=O)CCCC=CCC=CCC=CCC=CCC=CCC. The molecule has 0 bridgehead atoms. The molecule has 0 aliphatic heterocycles. The predicted molar refractivity (Wildman–Crippen MR) is 214 cm³/mol. The lowest BCUT2D eigenvalue weighted by atomic mass is 10.1. The van der Waals surface area contributed by atoms with Crippen LogP contribution in [0.5, 0.6) is 0 Å². The van der Waals surface area contributed by atoms with E-state index >= 15 is 0 Å². The van der Waals surface area contributed by atoms with E-state index in [0.29, 0.717) is 12.8 Å². The molecule has 0 amide bonds. The van der Waals surface area contributed by atoms with E-state index in [0.717, 1.165) is 96.3 Å². The smallest absolute Gasteiger partial charge is 0.306 e. The lowest BCUT2D eigenvalue weighted by Gasteiger charge is -2.15. The maximum absolute atomic E-state index is 12.2. The van der Waals surface area contributed by atoms with Gasteiger partial charge in [-0.2, -0.15) is 0 Å². The number of unbranched alkanes of at least 4 members (excludes halogenated alkanes) is 4. The highest BCUT2D eigenvalue weighted by molar-refractivity contribution is 5.70. The number of allylic oxidation sites excluding steroid dienone is 20. The minimum atomic E-state index is -0.821. The molecule has 50 heavy (non-hydrogen) atoms. The van der Waals surface area contributed by atoms with Crippen molar-refractivity contribution in [2.75, 3.05) is 13.2 Å². The van der Waals surface area contributed by atoms with Gasteiger partial charge in [0, 0.05) is 12.8 Å². The molecule has 0 aliphatic carbocycles. The molecule has 0 unspecified atom stereocenters. The zero-order valence-electron chi connectivity index (χ0n) is 31.3. The highest BCUT2D eigenvalue weighted by Crippen LogP contribution is 2.08. The first kappa shape index (κ1) is 46.3. The number of carbonyl (C=O) groups is 2. The largest absolute Gasteiger partial charge is 0.462 e. The van der Waals surface area contributed by atoms with Crippen molar-refractivity contribution in [2.24, 2.45) is 0 Å². The van der Waals surface area contributed by atoms with Crippen molar-refractivity contribution >= 4 is 11.9 Å². The number of esters is 2. The van der Waals surface area contributed by atoms with Crippen LogP contribution in [-0.4, -0.2) is 36.4 Å². The first-order valence-electron chi connectivity index (χ1n) is 19.1. The molecule has 5 nitrogen and oxygen atoms in total. The Kier molecular flexibility index (Phi) is 36.8. The normalized spacial score (nSPS) is 13.6. The van der Waals surface area contributed by atoms with Crippen LogP contribution in [0.25, 0.3) is 0 Å². The van der Waals surface area contributed by atoms with Gasteiger partial charge in [-0.25, -0.2) is 0 Å². The summed E-state index contributed by atoms with van der Waals surface area (Å²) in [5, 5.41) is 9.54. The highest BCUT2D eigenvalue weighted by atomic mass is 16.6. The van der Waals surface area contributed by atoms with Crippen LogP contribution in [0.1, 0.15) is 129 Å². The van der Waals surface area contributed by atoms with E-state index in [2.05, 4.69) is 135 Å². The first-order valence-corrected chi connectivity index (χ1v) is 19.1. The molecule has 0 heterocycles. The van der Waals surface area contributed by atoms with Gasteiger partial charge in [-0.1, -0.05) is 142 Å². The molecule has 0 rings (SSSR count). The number of aliphatic hydroxyl groups is 1.